The lowest BCUT2D eigenvalue weighted by Gasteiger charge is -2.49. The number of hydrogen-bond donors (Lipinski definition) is 1. The SMILES string of the molecule is CC(C)(O)CCC1(C2CCCCC2)CCN(C(=O)[C@@H]2CN(C(C)(C)C)C[C@H]2c2ccc(F)cc2F)CC1. The van der Waals surface area contributed by atoms with E-state index in [-0.39, 0.29) is 28.7 Å². The monoisotopic (exact) mass is 518 g/mol. The van der Waals surface area contributed by atoms with Crippen molar-refractivity contribution < 1.29 is 18.7 Å². The Hall–Kier alpha value is -1.53. The van der Waals surface area contributed by atoms with E-state index >= 15 is 0 Å². The summed E-state index contributed by atoms with van der Waals surface area (Å²) in [5.41, 5.74) is -0.183. The first-order chi connectivity index (χ1) is 17.3. The summed E-state index contributed by atoms with van der Waals surface area (Å²) in [7, 11) is 0. The highest BCUT2D eigenvalue weighted by Crippen LogP contribution is 2.50. The van der Waals surface area contributed by atoms with Crippen molar-refractivity contribution >= 4 is 5.91 Å². The van der Waals surface area contributed by atoms with Crippen LogP contribution in [0.15, 0.2) is 18.2 Å². The first kappa shape index (κ1) is 28.5. The molecule has 2 atom stereocenters. The van der Waals surface area contributed by atoms with Crippen molar-refractivity contribution in [2.45, 2.75) is 109 Å². The average Bonchev–Trinajstić information content (AvgIpc) is 3.29. The zero-order valence-corrected chi connectivity index (χ0v) is 23.7. The van der Waals surface area contributed by atoms with Crippen molar-refractivity contribution in [2.24, 2.45) is 17.3 Å². The maximum atomic E-state index is 14.9. The third kappa shape index (κ3) is 6.55. The number of piperidine rings is 1. The Bertz CT molecular complexity index is 938. The van der Waals surface area contributed by atoms with Crippen LogP contribution in [0.4, 0.5) is 8.78 Å². The summed E-state index contributed by atoms with van der Waals surface area (Å²) in [5, 5.41) is 10.5. The van der Waals surface area contributed by atoms with E-state index in [4.69, 9.17) is 0 Å². The summed E-state index contributed by atoms with van der Waals surface area (Å²) in [6.45, 7) is 12.8. The number of aliphatic hydroxyl groups is 1. The number of carbonyl (C=O) groups is 1. The molecule has 3 fully saturated rings. The van der Waals surface area contributed by atoms with Crippen LogP contribution in [-0.4, -0.2) is 58.1 Å². The van der Waals surface area contributed by atoms with Crippen LogP contribution in [0.1, 0.15) is 104 Å². The van der Waals surface area contributed by atoms with Crippen molar-refractivity contribution in [3.8, 4) is 0 Å². The van der Waals surface area contributed by atoms with Gasteiger partial charge in [-0.1, -0.05) is 25.3 Å². The Labute approximate surface area is 222 Å². The Morgan fingerprint density at radius 2 is 1.68 bits per heavy atom. The van der Waals surface area contributed by atoms with E-state index < -0.39 is 17.2 Å². The second-order valence-corrected chi connectivity index (χ2v) is 13.8. The van der Waals surface area contributed by atoms with E-state index in [0.29, 0.717) is 24.6 Å². The zero-order chi connectivity index (χ0) is 27.0. The molecular formula is C31H48F2N2O2. The molecule has 1 aromatic carbocycles. The van der Waals surface area contributed by atoms with Gasteiger partial charge in [0.25, 0.3) is 0 Å². The summed E-state index contributed by atoms with van der Waals surface area (Å²) >= 11 is 0. The smallest absolute Gasteiger partial charge is 0.227 e. The van der Waals surface area contributed by atoms with Gasteiger partial charge in [0.1, 0.15) is 11.6 Å². The molecule has 6 heteroatoms. The highest BCUT2D eigenvalue weighted by atomic mass is 19.1. The van der Waals surface area contributed by atoms with Crippen LogP contribution in [0, 0.1) is 28.9 Å². The van der Waals surface area contributed by atoms with Gasteiger partial charge in [0.2, 0.25) is 5.91 Å². The molecule has 0 unspecified atom stereocenters. The first-order valence-corrected chi connectivity index (χ1v) is 14.5. The largest absolute Gasteiger partial charge is 0.390 e. The molecule has 1 aromatic rings. The molecular weight excluding hydrogens is 470 g/mol. The quantitative estimate of drug-likeness (QED) is 0.466. The van der Waals surface area contributed by atoms with Gasteiger partial charge >= 0.3 is 0 Å². The minimum atomic E-state index is -0.679. The summed E-state index contributed by atoms with van der Waals surface area (Å²) < 4.78 is 28.6. The molecule has 2 saturated heterocycles. The molecule has 1 aliphatic carbocycles. The van der Waals surface area contributed by atoms with E-state index in [0.717, 1.165) is 44.8 Å². The Kier molecular flexibility index (Phi) is 8.40. The molecule has 4 nitrogen and oxygen atoms in total. The highest BCUT2D eigenvalue weighted by Gasteiger charge is 2.47. The second kappa shape index (κ2) is 10.9. The predicted molar refractivity (Wildman–Crippen MR) is 144 cm³/mol. The lowest BCUT2D eigenvalue weighted by molar-refractivity contribution is -0.139. The lowest BCUT2D eigenvalue weighted by atomic mass is 9.61. The molecule has 208 valence electrons. The van der Waals surface area contributed by atoms with Gasteiger partial charge < -0.3 is 10.0 Å². The van der Waals surface area contributed by atoms with Gasteiger partial charge in [-0.3, -0.25) is 9.69 Å². The van der Waals surface area contributed by atoms with Crippen LogP contribution < -0.4 is 0 Å². The fraction of sp³-hybridized carbons (Fsp3) is 0.774. The maximum absolute atomic E-state index is 14.9. The predicted octanol–water partition coefficient (Wildman–Crippen LogP) is 6.52. The average molecular weight is 519 g/mol. The van der Waals surface area contributed by atoms with Gasteiger partial charge in [0.15, 0.2) is 0 Å². The zero-order valence-electron chi connectivity index (χ0n) is 23.7. The van der Waals surface area contributed by atoms with Gasteiger partial charge in [-0.05, 0) is 96.1 Å². The number of hydrogen-bond acceptors (Lipinski definition) is 3. The van der Waals surface area contributed by atoms with Crippen LogP contribution in [0.3, 0.4) is 0 Å². The van der Waals surface area contributed by atoms with Crippen LogP contribution in [0.25, 0.3) is 0 Å². The minimum absolute atomic E-state index is 0.111. The third-order valence-electron chi connectivity index (χ3n) is 9.72. The Balaban J connectivity index is 1.52. The van der Waals surface area contributed by atoms with E-state index in [1.54, 1.807) is 0 Å². The fourth-order valence-corrected chi connectivity index (χ4v) is 7.26. The Morgan fingerprint density at radius 3 is 2.24 bits per heavy atom. The van der Waals surface area contributed by atoms with Gasteiger partial charge in [-0.15, -0.1) is 0 Å². The molecule has 0 radical (unpaired) electrons. The van der Waals surface area contributed by atoms with Gasteiger partial charge in [0, 0.05) is 43.7 Å². The highest BCUT2D eigenvalue weighted by molar-refractivity contribution is 5.81. The molecule has 0 bridgehead atoms. The summed E-state index contributed by atoms with van der Waals surface area (Å²) in [5.74, 6) is -0.980. The molecule has 1 amide bonds. The van der Waals surface area contributed by atoms with Gasteiger partial charge in [0.05, 0.1) is 11.5 Å². The maximum Gasteiger partial charge on any atom is 0.227 e. The number of carbonyl (C=O) groups excluding carboxylic acids is 1. The summed E-state index contributed by atoms with van der Waals surface area (Å²) in [4.78, 5) is 18.3. The molecule has 4 rings (SSSR count). The van der Waals surface area contributed by atoms with E-state index in [1.165, 1.54) is 44.2 Å². The van der Waals surface area contributed by atoms with Crippen molar-refractivity contribution in [3.05, 3.63) is 35.4 Å². The van der Waals surface area contributed by atoms with Crippen molar-refractivity contribution in [1.82, 2.24) is 9.80 Å². The van der Waals surface area contributed by atoms with Crippen molar-refractivity contribution in [3.63, 3.8) is 0 Å². The van der Waals surface area contributed by atoms with E-state index in [2.05, 4.69) is 25.7 Å². The molecule has 1 saturated carbocycles. The number of nitrogens with zero attached hydrogens (tertiary/aromatic N) is 2. The standard InChI is InChI=1S/C31H48F2N2O2/c1-29(2,3)35-20-25(24-12-11-23(32)19-27(24)33)26(21-35)28(36)34-17-15-31(16-18-34,14-13-30(4,5)37)22-9-7-6-8-10-22/h11-12,19,22,25-26,37H,6-10,13-18,20-21H2,1-5H3/t25-,26+/m0/s1. The number of likely N-dealkylation sites (tertiary alicyclic amines) is 2. The van der Waals surface area contributed by atoms with Gasteiger partial charge in [-0.2, -0.15) is 0 Å². The molecule has 0 aromatic heterocycles. The molecule has 37 heavy (non-hydrogen) atoms. The number of halogens is 2. The van der Waals surface area contributed by atoms with Crippen molar-refractivity contribution in [1.29, 1.82) is 0 Å². The summed E-state index contributed by atoms with van der Waals surface area (Å²) in [6.07, 6.45) is 10.1. The molecule has 3 aliphatic rings. The summed E-state index contributed by atoms with van der Waals surface area (Å²) in [6, 6.07) is 3.78. The molecule has 2 heterocycles. The first-order valence-electron chi connectivity index (χ1n) is 14.5. The van der Waals surface area contributed by atoms with Gasteiger partial charge in [-0.25, -0.2) is 8.78 Å². The number of benzene rings is 1. The fourth-order valence-electron chi connectivity index (χ4n) is 7.26. The van der Waals surface area contributed by atoms with Crippen LogP contribution >= 0.6 is 0 Å². The minimum Gasteiger partial charge on any atom is -0.390 e. The topological polar surface area (TPSA) is 43.8 Å². The van der Waals surface area contributed by atoms with Crippen LogP contribution in [-0.2, 0) is 4.79 Å². The molecule has 1 N–H and O–H groups in total. The Morgan fingerprint density at radius 1 is 1.03 bits per heavy atom. The van der Waals surface area contributed by atoms with Crippen molar-refractivity contribution in [2.75, 3.05) is 26.2 Å². The molecule has 2 aliphatic heterocycles. The van der Waals surface area contributed by atoms with E-state index in [9.17, 15) is 18.7 Å². The normalized spacial score (nSPS) is 26.0. The second-order valence-electron chi connectivity index (χ2n) is 13.8. The van der Waals surface area contributed by atoms with Crippen LogP contribution in [0.2, 0.25) is 0 Å². The lowest BCUT2D eigenvalue weighted by Crippen LogP contribution is -2.49. The third-order valence-corrected chi connectivity index (χ3v) is 9.72. The van der Waals surface area contributed by atoms with E-state index in [1.807, 2.05) is 18.7 Å². The number of amides is 1. The number of rotatable bonds is 6. The van der Waals surface area contributed by atoms with Crippen LogP contribution in [0.5, 0.6) is 0 Å². The molecule has 0 spiro atoms.